The minimum Gasteiger partial charge on any atom is -0.444 e. The molecule has 1 aromatic carbocycles. The zero-order valence-corrected chi connectivity index (χ0v) is 12.4. The Hall–Kier alpha value is -2.04. The van der Waals surface area contributed by atoms with E-state index in [1.54, 1.807) is 24.3 Å². The van der Waals surface area contributed by atoms with E-state index in [0.29, 0.717) is 17.8 Å². The molecule has 0 radical (unpaired) electrons. The molecule has 110 valence electrons. The molecule has 0 fully saturated rings. The fourth-order valence-corrected chi connectivity index (χ4v) is 1.66. The summed E-state index contributed by atoms with van der Waals surface area (Å²) in [7, 11) is 0. The number of hydrogen-bond donors (Lipinski definition) is 2. The molecule has 1 rings (SSSR count). The van der Waals surface area contributed by atoms with Crippen molar-refractivity contribution < 1.29 is 14.7 Å². The van der Waals surface area contributed by atoms with E-state index in [-0.39, 0.29) is 0 Å². The molecule has 0 aliphatic rings. The number of hydrogen-bond acceptors (Lipinski definition) is 4. The number of oxime groups is 1. The van der Waals surface area contributed by atoms with Gasteiger partial charge in [0.25, 0.3) is 0 Å². The predicted octanol–water partition coefficient (Wildman–Crippen LogP) is 4.01. The van der Waals surface area contributed by atoms with Crippen LogP contribution < -0.4 is 5.32 Å². The average molecular weight is 278 g/mol. The summed E-state index contributed by atoms with van der Waals surface area (Å²) in [6, 6.07) is 7.11. The summed E-state index contributed by atoms with van der Waals surface area (Å²) in [5.74, 6) is 0. The van der Waals surface area contributed by atoms with Gasteiger partial charge in [-0.25, -0.2) is 4.79 Å². The van der Waals surface area contributed by atoms with Crippen LogP contribution in [0.1, 0.15) is 46.1 Å². The van der Waals surface area contributed by atoms with Crippen molar-refractivity contribution in [2.24, 2.45) is 5.16 Å². The first-order valence-corrected chi connectivity index (χ1v) is 6.67. The zero-order valence-electron chi connectivity index (χ0n) is 12.4. The van der Waals surface area contributed by atoms with Gasteiger partial charge in [0.1, 0.15) is 5.60 Å². The highest BCUT2D eigenvalue weighted by Crippen LogP contribution is 2.14. The Morgan fingerprint density at radius 1 is 1.30 bits per heavy atom. The Morgan fingerprint density at radius 2 is 1.90 bits per heavy atom. The van der Waals surface area contributed by atoms with E-state index < -0.39 is 11.7 Å². The number of carbonyl (C=O) groups excluding carboxylic acids is 1. The molecular formula is C15H22N2O3. The van der Waals surface area contributed by atoms with E-state index in [2.05, 4.69) is 10.5 Å². The van der Waals surface area contributed by atoms with E-state index in [1.165, 1.54) is 0 Å². The molecule has 1 aromatic rings. The van der Waals surface area contributed by atoms with Gasteiger partial charge in [-0.1, -0.05) is 30.6 Å². The van der Waals surface area contributed by atoms with Gasteiger partial charge in [0.15, 0.2) is 0 Å². The minimum absolute atomic E-state index is 0.491. The molecule has 1 amide bonds. The van der Waals surface area contributed by atoms with Crippen LogP contribution in [0.3, 0.4) is 0 Å². The number of carbonyl (C=O) groups is 1. The molecule has 0 atom stereocenters. The number of anilines is 1. The van der Waals surface area contributed by atoms with Crippen molar-refractivity contribution in [3.8, 4) is 0 Å². The normalized spacial score (nSPS) is 12.1. The maximum Gasteiger partial charge on any atom is 0.412 e. The van der Waals surface area contributed by atoms with Crippen LogP contribution in [0.25, 0.3) is 0 Å². The second-order valence-electron chi connectivity index (χ2n) is 5.50. The molecule has 0 saturated carbocycles. The zero-order chi connectivity index (χ0) is 15.2. The molecule has 0 bridgehead atoms. The maximum absolute atomic E-state index is 11.6. The van der Waals surface area contributed by atoms with Crippen molar-refractivity contribution in [2.75, 3.05) is 5.32 Å². The second kappa shape index (κ2) is 6.93. The van der Waals surface area contributed by atoms with Crippen LogP contribution in [-0.4, -0.2) is 22.6 Å². The number of ether oxygens (including phenoxy) is 1. The van der Waals surface area contributed by atoms with Crippen LogP contribution in [0.4, 0.5) is 10.5 Å². The monoisotopic (exact) mass is 278 g/mol. The van der Waals surface area contributed by atoms with Gasteiger partial charge in [-0.3, -0.25) is 5.32 Å². The third-order valence-corrected chi connectivity index (χ3v) is 2.47. The van der Waals surface area contributed by atoms with Crippen molar-refractivity contribution in [3.63, 3.8) is 0 Å². The molecule has 20 heavy (non-hydrogen) atoms. The third kappa shape index (κ3) is 5.30. The molecule has 0 spiro atoms. The smallest absolute Gasteiger partial charge is 0.412 e. The topological polar surface area (TPSA) is 70.9 Å². The summed E-state index contributed by atoms with van der Waals surface area (Å²) in [5, 5.41) is 14.9. The lowest BCUT2D eigenvalue weighted by Gasteiger charge is -2.19. The standard InChI is InChI=1S/C15H22N2O3/c1-5-6-13(17-19)11-7-9-12(10-8-11)16-14(18)20-15(2,3)4/h7-10,19H,5-6H2,1-4H3,(H,16,18)/b17-13+. The van der Waals surface area contributed by atoms with Gasteiger partial charge in [0, 0.05) is 5.69 Å². The quantitative estimate of drug-likeness (QED) is 0.496. The van der Waals surface area contributed by atoms with Gasteiger partial charge in [0.2, 0.25) is 0 Å². The first-order valence-electron chi connectivity index (χ1n) is 6.67. The van der Waals surface area contributed by atoms with E-state index in [1.807, 2.05) is 27.7 Å². The lowest BCUT2D eigenvalue weighted by molar-refractivity contribution is 0.0636. The lowest BCUT2D eigenvalue weighted by atomic mass is 10.1. The van der Waals surface area contributed by atoms with Crippen LogP contribution in [0.15, 0.2) is 29.4 Å². The fraction of sp³-hybridized carbons (Fsp3) is 0.467. The molecule has 5 nitrogen and oxygen atoms in total. The third-order valence-electron chi connectivity index (χ3n) is 2.47. The van der Waals surface area contributed by atoms with Crippen molar-refractivity contribution >= 4 is 17.5 Å². The molecule has 0 unspecified atom stereocenters. The molecule has 0 heterocycles. The Morgan fingerprint density at radius 3 is 2.35 bits per heavy atom. The Kier molecular flexibility index (Phi) is 5.55. The van der Waals surface area contributed by atoms with Gasteiger partial charge >= 0.3 is 6.09 Å². The molecule has 0 aliphatic carbocycles. The van der Waals surface area contributed by atoms with Crippen LogP contribution >= 0.6 is 0 Å². The number of nitrogens with one attached hydrogen (secondary N) is 1. The van der Waals surface area contributed by atoms with Crippen LogP contribution in [0.5, 0.6) is 0 Å². The van der Waals surface area contributed by atoms with Gasteiger partial charge in [-0.15, -0.1) is 0 Å². The summed E-state index contributed by atoms with van der Waals surface area (Å²) in [4.78, 5) is 11.6. The highest BCUT2D eigenvalue weighted by Gasteiger charge is 2.16. The summed E-state index contributed by atoms with van der Waals surface area (Å²) in [6.45, 7) is 7.45. The highest BCUT2D eigenvalue weighted by molar-refractivity contribution is 6.00. The van der Waals surface area contributed by atoms with E-state index in [4.69, 9.17) is 9.94 Å². The summed E-state index contributed by atoms with van der Waals surface area (Å²) in [5.41, 5.74) is 1.58. The largest absolute Gasteiger partial charge is 0.444 e. The predicted molar refractivity (Wildman–Crippen MR) is 79.5 cm³/mol. The molecule has 0 aromatic heterocycles. The number of benzene rings is 1. The van der Waals surface area contributed by atoms with Crippen molar-refractivity contribution in [1.29, 1.82) is 0 Å². The first kappa shape index (κ1) is 16.0. The van der Waals surface area contributed by atoms with Crippen molar-refractivity contribution in [1.82, 2.24) is 0 Å². The Labute approximate surface area is 119 Å². The second-order valence-corrected chi connectivity index (χ2v) is 5.50. The molecular weight excluding hydrogens is 256 g/mol. The fourth-order valence-electron chi connectivity index (χ4n) is 1.66. The van der Waals surface area contributed by atoms with Gasteiger partial charge in [-0.05, 0) is 44.9 Å². The van der Waals surface area contributed by atoms with Gasteiger partial charge in [-0.2, -0.15) is 0 Å². The SMILES string of the molecule is CCC/C(=N\O)c1ccc(NC(=O)OC(C)(C)C)cc1. The highest BCUT2D eigenvalue weighted by atomic mass is 16.6. The molecule has 5 heteroatoms. The number of amides is 1. The number of nitrogens with zero attached hydrogens (tertiary/aromatic N) is 1. The van der Waals surface area contributed by atoms with Crippen LogP contribution in [0.2, 0.25) is 0 Å². The molecule has 0 saturated heterocycles. The maximum atomic E-state index is 11.6. The van der Waals surface area contributed by atoms with E-state index >= 15 is 0 Å². The van der Waals surface area contributed by atoms with Crippen molar-refractivity contribution in [3.05, 3.63) is 29.8 Å². The van der Waals surface area contributed by atoms with Gasteiger partial charge < -0.3 is 9.94 Å². The first-order chi connectivity index (χ1) is 9.35. The van der Waals surface area contributed by atoms with Crippen LogP contribution in [0, 0.1) is 0 Å². The van der Waals surface area contributed by atoms with E-state index in [0.717, 1.165) is 12.0 Å². The summed E-state index contributed by atoms with van der Waals surface area (Å²) in [6.07, 6.45) is 1.11. The molecule has 2 N–H and O–H groups in total. The van der Waals surface area contributed by atoms with E-state index in [9.17, 15) is 4.79 Å². The minimum atomic E-state index is -0.526. The average Bonchev–Trinajstić information content (AvgIpc) is 2.34. The summed E-state index contributed by atoms with van der Waals surface area (Å²) >= 11 is 0. The van der Waals surface area contributed by atoms with Gasteiger partial charge in [0.05, 0.1) is 5.71 Å². The Balaban J connectivity index is 2.70. The van der Waals surface area contributed by atoms with Crippen LogP contribution in [-0.2, 0) is 4.74 Å². The molecule has 0 aliphatic heterocycles. The lowest BCUT2D eigenvalue weighted by Crippen LogP contribution is -2.27. The Bertz CT molecular complexity index is 473. The number of rotatable bonds is 4. The van der Waals surface area contributed by atoms with Crippen molar-refractivity contribution in [2.45, 2.75) is 46.1 Å². The summed E-state index contributed by atoms with van der Waals surface area (Å²) < 4.78 is 5.17.